The topological polar surface area (TPSA) is 37.3 Å². The summed E-state index contributed by atoms with van der Waals surface area (Å²) < 4.78 is 13.2. The molecule has 0 amide bonds. The molecule has 0 radical (unpaired) electrons. The molecule has 76 valence electrons. The van der Waals surface area contributed by atoms with Gasteiger partial charge in [-0.15, -0.1) is 0 Å². The van der Waals surface area contributed by atoms with E-state index in [0.717, 1.165) is 5.56 Å². The van der Waals surface area contributed by atoms with E-state index in [1.165, 1.54) is 6.07 Å². The maximum absolute atomic E-state index is 13.2. The van der Waals surface area contributed by atoms with Gasteiger partial charge in [-0.2, -0.15) is 0 Å². The van der Waals surface area contributed by atoms with Gasteiger partial charge in [0.2, 0.25) is 0 Å². The van der Waals surface area contributed by atoms with E-state index in [4.69, 9.17) is 5.11 Å². The van der Waals surface area contributed by atoms with Crippen molar-refractivity contribution in [3.8, 4) is 0 Å². The van der Waals surface area contributed by atoms with Gasteiger partial charge < -0.3 is 5.11 Å². The number of hydrogen-bond donors (Lipinski definition) is 1. The second-order valence-electron chi connectivity index (χ2n) is 3.54. The van der Waals surface area contributed by atoms with E-state index in [1.807, 2.05) is 6.92 Å². The molecular formula is C11H13FO2. The fourth-order valence-corrected chi connectivity index (χ4v) is 1.28. The highest BCUT2D eigenvalue weighted by molar-refractivity contribution is 5.69. The fourth-order valence-electron chi connectivity index (χ4n) is 1.28. The number of rotatable bonds is 3. The van der Waals surface area contributed by atoms with Gasteiger partial charge >= 0.3 is 5.97 Å². The molecule has 0 fully saturated rings. The average molecular weight is 196 g/mol. The maximum Gasteiger partial charge on any atom is 0.306 e. The van der Waals surface area contributed by atoms with Crippen LogP contribution >= 0.6 is 0 Å². The second kappa shape index (κ2) is 4.22. The molecule has 0 saturated carbocycles. The first-order chi connectivity index (χ1) is 6.50. The molecule has 1 aromatic carbocycles. The summed E-state index contributed by atoms with van der Waals surface area (Å²) in [6, 6.07) is 4.73. The minimum Gasteiger partial charge on any atom is -0.481 e. The summed E-state index contributed by atoms with van der Waals surface area (Å²) in [5.74, 6) is -1.78. The van der Waals surface area contributed by atoms with Crippen molar-refractivity contribution in [2.45, 2.75) is 20.3 Å². The van der Waals surface area contributed by atoms with Crippen LogP contribution in [0.25, 0.3) is 0 Å². The van der Waals surface area contributed by atoms with Crippen molar-refractivity contribution in [3.63, 3.8) is 0 Å². The van der Waals surface area contributed by atoms with Gasteiger partial charge in [-0.25, -0.2) is 4.39 Å². The third-order valence-corrected chi connectivity index (χ3v) is 2.15. The zero-order valence-corrected chi connectivity index (χ0v) is 8.25. The van der Waals surface area contributed by atoms with Gasteiger partial charge in [-0.1, -0.05) is 24.6 Å². The largest absolute Gasteiger partial charge is 0.481 e. The van der Waals surface area contributed by atoms with Crippen molar-refractivity contribution in [2.75, 3.05) is 0 Å². The van der Waals surface area contributed by atoms with Crippen molar-refractivity contribution >= 4 is 5.97 Å². The molecule has 1 rings (SSSR count). The lowest BCUT2D eigenvalue weighted by Crippen LogP contribution is -2.13. The molecule has 1 atom stereocenters. The molecule has 0 aliphatic carbocycles. The highest BCUT2D eigenvalue weighted by Gasteiger charge is 2.13. The summed E-state index contributed by atoms with van der Waals surface area (Å²) in [6.07, 6.45) is 0.239. The number of benzene rings is 1. The van der Waals surface area contributed by atoms with E-state index >= 15 is 0 Å². The van der Waals surface area contributed by atoms with E-state index in [1.54, 1.807) is 19.1 Å². The zero-order valence-electron chi connectivity index (χ0n) is 8.25. The van der Waals surface area contributed by atoms with Crippen LogP contribution in [-0.4, -0.2) is 11.1 Å². The average Bonchev–Trinajstić information content (AvgIpc) is 2.11. The Morgan fingerprint density at radius 3 is 2.79 bits per heavy atom. The minimum absolute atomic E-state index is 0.239. The first-order valence-electron chi connectivity index (χ1n) is 4.48. The van der Waals surface area contributed by atoms with Gasteiger partial charge in [0, 0.05) is 0 Å². The van der Waals surface area contributed by atoms with Gasteiger partial charge in [0.1, 0.15) is 5.82 Å². The molecule has 2 nitrogen and oxygen atoms in total. The molecular weight excluding hydrogens is 183 g/mol. The summed E-state index contributed by atoms with van der Waals surface area (Å²) in [7, 11) is 0. The van der Waals surface area contributed by atoms with E-state index in [-0.39, 0.29) is 12.2 Å². The molecule has 0 heterocycles. The standard InChI is InChI=1S/C11H13FO2/c1-7-3-4-10(12)9(5-7)6-8(2)11(13)14/h3-5,8H,6H2,1-2H3,(H,13,14). The lowest BCUT2D eigenvalue weighted by Gasteiger charge is -2.07. The van der Waals surface area contributed by atoms with Crippen LogP contribution in [0.5, 0.6) is 0 Å². The van der Waals surface area contributed by atoms with E-state index < -0.39 is 11.9 Å². The molecule has 1 N–H and O–H groups in total. The lowest BCUT2D eigenvalue weighted by atomic mass is 9.99. The molecule has 0 aliphatic heterocycles. The Balaban J connectivity index is 2.85. The van der Waals surface area contributed by atoms with Crippen molar-refractivity contribution in [1.29, 1.82) is 0 Å². The Morgan fingerprint density at radius 1 is 1.57 bits per heavy atom. The highest BCUT2D eigenvalue weighted by atomic mass is 19.1. The SMILES string of the molecule is Cc1ccc(F)c(CC(C)C(=O)O)c1. The molecule has 3 heteroatoms. The van der Waals surface area contributed by atoms with Gasteiger partial charge in [0.05, 0.1) is 5.92 Å². The number of carbonyl (C=O) groups is 1. The molecule has 0 aliphatic rings. The first kappa shape index (κ1) is 10.7. The number of hydrogen-bond acceptors (Lipinski definition) is 1. The Hall–Kier alpha value is -1.38. The summed E-state index contributed by atoms with van der Waals surface area (Å²) >= 11 is 0. The quantitative estimate of drug-likeness (QED) is 0.806. The zero-order chi connectivity index (χ0) is 10.7. The Morgan fingerprint density at radius 2 is 2.21 bits per heavy atom. The van der Waals surface area contributed by atoms with Gasteiger partial charge in [-0.3, -0.25) is 4.79 Å². The summed E-state index contributed by atoms with van der Waals surface area (Å²) in [4.78, 5) is 10.6. The number of aliphatic carboxylic acids is 1. The van der Waals surface area contributed by atoms with E-state index in [0.29, 0.717) is 5.56 Å². The smallest absolute Gasteiger partial charge is 0.306 e. The van der Waals surface area contributed by atoms with Crippen LogP contribution in [0, 0.1) is 18.7 Å². The van der Waals surface area contributed by atoms with Crippen molar-refractivity contribution in [3.05, 3.63) is 35.1 Å². The number of halogens is 1. The lowest BCUT2D eigenvalue weighted by molar-refractivity contribution is -0.141. The fraction of sp³-hybridized carbons (Fsp3) is 0.364. The van der Waals surface area contributed by atoms with Crippen LogP contribution in [0.1, 0.15) is 18.1 Å². The highest BCUT2D eigenvalue weighted by Crippen LogP contribution is 2.14. The molecule has 14 heavy (non-hydrogen) atoms. The molecule has 0 spiro atoms. The number of carboxylic acid groups (broad SMARTS) is 1. The first-order valence-corrected chi connectivity index (χ1v) is 4.48. The molecule has 1 aromatic rings. The van der Waals surface area contributed by atoms with Crippen molar-refractivity contribution in [2.24, 2.45) is 5.92 Å². The number of carboxylic acids is 1. The summed E-state index contributed by atoms with van der Waals surface area (Å²) in [6.45, 7) is 3.43. The van der Waals surface area contributed by atoms with Crippen molar-refractivity contribution < 1.29 is 14.3 Å². The third-order valence-electron chi connectivity index (χ3n) is 2.15. The summed E-state index contributed by atoms with van der Waals surface area (Å²) in [5.41, 5.74) is 1.42. The van der Waals surface area contributed by atoms with Crippen LogP contribution in [0.4, 0.5) is 4.39 Å². The van der Waals surface area contributed by atoms with Crippen LogP contribution in [0.2, 0.25) is 0 Å². The van der Waals surface area contributed by atoms with Crippen LogP contribution < -0.4 is 0 Å². The normalized spacial score (nSPS) is 12.5. The van der Waals surface area contributed by atoms with Crippen LogP contribution in [0.15, 0.2) is 18.2 Å². The van der Waals surface area contributed by atoms with Gasteiger partial charge in [0.25, 0.3) is 0 Å². The maximum atomic E-state index is 13.2. The predicted molar refractivity (Wildman–Crippen MR) is 51.6 cm³/mol. The molecule has 1 unspecified atom stereocenters. The van der Waals surface area contributed by atoms with E-state index in [2.05, 4.69) is 0 Å². The van der Waals surface area contributed by atoms with E-state index in [9.17, 15) is 9.18 Å². The second-order valence-corrected chi connectivity index (χ2v) is 3.54. The van der Waals surface area contributed by atoms with Crippen molar-refractivity contribution in [1.82, 2.24) is 0 Å². The number of aryl methyl sites for hydroxylation is 1. The monoisotopic (exact) mass is 196 g/mol. The Bertz CT molecular complexity index is 347. The Labute approximate surface area is 82.4 Å². The summed E-state index contributed by atoms with van der Waals surface area (Å²) in [5, 5.41) is 8.68. The minimum atomic E-state index is -0.897. The predicted octanol–water partition coefficient (Wildman–Crippen LogP) is 2.40. The molecule has 0 aromatic heterocycles. The van der Waals surface area contributed by atoms with Gasteiger partial charge in [-0.05, 0) is 25.0 Å². The Kier molecular flexibility index (Phi) is 3.23. The third kappa shape index (κ3) is 2.55. The van der Waals surface area contributed by atoms with Crippen LogP contribution in [0.3, 0.4) is 0 Å². The van der Waals surface area contributed by atoms with Gasteiger partial charge in [0.15, 0.2) is 0 Å². The molecule has 0 saturated heterocycles. The molecule has 0 bridgehead atoms. The van der Waals surface area contributed by atoms with Crippen LogP contribution in [-0.2, 0) is 11.2 Å².